The van der Waals surface area contributed by atoms with Gasteiger partial charge in [0.25, 0.3) is 0 Å². The third kappa shape index (κ3) is 1.86. The van der Waals surface area contributed by atoms with Gasteiger partial charge in [0.2, 0.25) is 6.43 Å². The van der Waals surface area contributed by atoms with Gasteiger partial charge < -0.3 is 5.32 Å². The number of halogens is 2. The summed E-state index contributed by atoms with van der Waals surface area (Å²) in [5.41, 5.74) is 0.908. The Morgan fingerprint density at radius 1 is 1.57 bits per heavy atom. The lowest BCUT2D eigenvalue weighted by Gasteiger charge is -2.35. The average Bonchev–Trinajstić information content (AvgIpc) is 2.42. The fourth-order valence-electron chi connectivity index (χ4n) is 1.72. The Hall–Kier alpha value is -1.13. The fraction of sp³-hybridized carbons (Fsp3) is 0.667. The van der Waals surface area contributed by atoms with Gasteiger partial charge in [-0.25, -0.2) is 8.78 Å². The summed E-state index contributed by atoms with van der Waals surface area (Å²) in [6.45, 7) is 0. The van der Waals surface area contributed by atoms with Gasteiger partial charge in [0, 0.05) is 25.2 Å². The van der Waals surface area contributed by atoms with Crippen LogP contribution in [0.15, 0.2) is 12.4 Å². The number of rotatable bonds is 3. The van der Waals surface area contributed by atoms with Crippen molar-refractivity contribution in [3.8, 4) is 0 Å². The van der Waals surface area contributed by atoms with Gasteiger partial charge in [-0.2, -0.15) is 5.10 Å². The Balaban J connectivity index is 1.79. The van der Waals surface area contributed by atoms with E-state index in [1.807, 2.05) is 13.2 Å². The molecular weight excluding hydrogens is 188 g/mol. The average molecular weight is 201 g/mol. The van der Waals surface area contributed by atoms with Gasteiger partial charge in [-0.15, -0.1) is 0 Å². The van der Waals surface area contributed by atoms with Crippen LogP contribution < -0.4 is 5.32 Å². The van der Waals surface area contributed by atoms with Crippen molar-refractivity contribution in [2.45, 2.75) is 25.3 Å². The Kier molecular flexibility index (Phi) is 2.39. The van der Waals surface area contributed by atoms with Crippen molar-refractivity contribution in [3.63, 3.8) is 0 Å². The SMILES string of the molecule is Cn1cc(NC2CC(C(F)F)C2)cn1. The van der Waals surface area contributed by atoms with Crippen LogP contribution in [-0.4, -0.2) is 22.2 Å². The lowest BCUT2D eigenvalue weighted by atomic mass is 9.80. The second-order valence-corrected chi connectivity index (χ2v) is 3.81. The zero-order valence-electron chi connectivity index (χ0n) is 7.95. The van der Waals surface area contributed by atoms with Gasteiger partial charge in [0.1, 0.15) is 0 Å². The van der Waals surface area contributed by atoms with E-state index in [4.69, 9.17) is 0 Å². The molecule has 78 valence electrons. The molecule has 0 radical (unpaired) electrons. The largest absolute Gasteiger partial charge is 0.380 e. The van der Waals surface area contributed by atoms with Gasteiger partial charge in [0.05, 0.1) is 11.9 Å². The quantitative estimate of drug-likeness (QED) is 0.809. The summed E-state index contributed by atoms with van der Waals surface area (Å²) >= 11 is 0. The molecule has 0 unspecified atom stereocenters. The first-order valence-corrected chi connectivity index (χ1v) is 4.68. The number of hydrogen-bond acceptors (Lipinski definition) is 2. The maximum Gasteiger partial charge on any atom is 0.241 e. The van der Waals surface area contributed by atoms with E-state index in [2.05, 4.69) is 10.4 Å². The predicted molar refractivity (Wildman–Crippen MR) is 49.3 cm³/mol. The Morgan fingerprint density at radius 2 is 2.29 bits per heavy atom. The number of aryl methyl sites for hydroxylation is 1. The van der Waals surface area contributed by atoms with Crippen molar-refractivity contribution in [1.82, 2.24) is 9.78 Å². The third-order valence-electron chi connectivity index (χ3n) is 2.61. The summed E-state index contributed by atoms with van der Waals surface area (Å²) in [5.74, 6) is -0.413. The van der Waals surface area contributed by atoms with Crippen molar-refractivity contribution in [1.29, 1.82) is 0 Å². The van der Waals surface area contributed by atoms with Crippen molar-refractivity contribution >= 4 is 5.69 Å². The lowest BCUT2D eigenvalue weighted by molar-refractivity contribution is 0.0281. The highest BCUT2D eigenvalue weighted by Crippen LogP contribution is 2.34. The minimum atomic E-state index is -2.16. The minimum Gasteiger partial charge on any atom is -0.380 e. The van der Waals surface area contributed by atoms with Crippen LogP contribution in [0, 0.1) is 5.92 Å². The Morgan fingerprint density at radius 3 is 2.79 bits per heavy atom. The number of aromatic nitrogens is 2. The highest BCUT2D eigenvalue weighted by Gasteiger charge is 2.35. The second-order valence-electron chi connectivity index (χ2n) is 3.81. The number of nitrogens with one attached hydrogen (secondary N) is 1. The molecule has 0 bridgehead atoms. The van der Waals surface area contributed by atoms with E-state index in [1.165, 1.54) is 0 Å². The van der Waals surface area contributed by atoms with Crippen LogP contribution in [0.25, 0.3) is 0 Å². The molecule has 1 heterocycles. The molecule has 1 aliphatic rings. The van der Waals surface area contributed by atoms with E-state index >= 15 is 0 Å². The number of hydrogen-bond donors (Lipinski definition) is 1. The maximum absolute atomic E-state index is 12.2. The maximum atomic E-state index is 12.2. The lowest BCUT2D eigenvalue weighted by Crippen LogP contribution is -2.38. The van der Waals surface area contributed by atoms with Crippen molar-refractivity contribution < 1.29 is 8.78 Å². The van der Waals surface area contributed by atoms with Gasteiger partial charge in [0.15, 0.2) is 0 Å². The van der Waals surface area contributed by atoms with Crippen LogP contribution >= 0.6 is 0 Å². The molecule has 1 aromatic rings. The topological polar surface area (TPSA) is 29.9 Å². The van der Waals surface area contributed by atoms with E-state index in [0.29, 0.717) is 12.8 Å². The normalized spacial score (nSPS) is 26.3. The van der Waals surface area contributed by atoms with Crippen LogP contribution in [0.2, 0.25) is 0 Å². The molecule has 14 heavy (non-hydrogen) atoms. The Bertz CT molecular complexity index is 305. The first kappa shape index (κ1) is 9.43. The van der Waals surface area contributed by atoms with E-state index < -0.39 is 12.3 Å². The van der Waals surface area contributed by atoms with E-state index in [0.717, 1.165) is 5.69 Å². The molecule has 1 aromatic heterocycles. The number of alkyl halides is 2. The van der Waals surface area contributed by atoms with Crippen LogP contribution in [-0.2, 0) is 7.05 Å². The highest BCUT2D eigenvalue weighted by molar-refractivity contribution is 5.39. The second kappa shape index (κ2) is 3.55. The van der Waals surface area contributed by atoms with Crippen LogP contribution in [0.4, 0.5) is 14.5 Å². The zero-order chi connectivity index (χ0) is 10.1. The number of anilines is 1. The molecule has 0 aromatic carbocycles. The molecule has 1 aliphatic carbocycles. The first-order valence-electron chi connectivity index (χ1n) is 4.68. The molecule has 1 fully saturated rings. The van der Waals surface area contributed by atoms with Crippen LogP contribution in [0.5, 0.6) is 0 Å². The van der Waals surface area contributed by atoms with E-state index in [-0.39, 0.29) is 6.04 Å². The summed E-state index contributed by atoms with van der Waals surface area (Å²) < 4.78 is 26.0. The summed E-state index contributed by atoms with van der Waals surface area (Å²) in [7, 11) is 1.83. The summed E-state index contributed by atoms with van der Waals surface area (Å²) in [6.07, 6.45) is 2.51. The van der Waals surface area contributed by atoms with Gasteiger partial charge >= 0.3 is 0 Å². The Labute approximate surface area is 81.1 Å². The van der Waals surface area contributed by atoms with Gasteiger partial charge in [-0.1, -0.05) is 0 Å². The highest BCUT2D eigenvalue weighted by atomic mass is 19.3. The third-order valence-corrected chi connectivity index (χ3v) is 2.61. The summed E-state index contributed by atoms with van der Waals surface area (Å²) in [6, 6.07) is 0.193. The molecule has 3 nitrogen and oxygen atoms in total. The van der Waals surface area contributed by atoms with Crippen molar-refractivity contribution in [2.24, 2.45) is 13.0 Å². The zero-order valence-corrected chi connectivity index (χ0v) is 7.95. The van der Waals surface area contributed by atoms with Gasteiger partial charge in [-0.3, -0.25) is 4.68 Å². The molecule has 2 rings (SSSR count). The molecule has 1 saturated carbocycles. The van der Waals surface area contributed by atoms with Gasteiger partial charge in [-0.05, 0) is 12.8 Å². The fourth-order valence-corrected chi connectivity index (χ4v) is 1.72. The van der Waals surface area contributed by atoms with Crippen LogP contribution in [0.3, 0.4) is 0 Å². The molecule has 0 saturated heterocycles. The smallest absolute Gasteiger partial charge is 0.241 e. The molecule has 1 N–H and O–H groups in total. The standard InChI is InChI=1S/C9H13F2N3/c1-14-5-8(4-12-14)13-7-2-6(3-7)9(10)11/h4-7,9,13H,2-3H2,1H3. The monoisotopic (exact) mass is 201 g/mol. The first-order chi connectivity index (χ1) is 6.65. The predicted octanol–water partition coefficient (Wildman–Crippen LogP) is 1.88. The molecule has 0 atom stereocenters. The molecule has 0 aliphatic heterocycles. The molecular formula is C9H13F2N3. The molecule has 0 spiro atoms. The minimum absolute atomic E-state index is 0.193. The van der Waals surface area contributed by atoms with E-state index in [9.17, 15) is 8.78 Å². The van der Waals surface area contributed by atoms with Crippen molar-refractivity contribution in [3.05, 3.63) is 12.4 Å². The summed E-state index contributed by atoms with van der Waals surface area (Å²) in [5, 5.41) is 7.16. The van der Waals surface area contributed by atoms with E-state index in [1.54, 1.807) is 10.9 Å². The van der Waals surface area contributed by atoms with Crippen molar-refractivity contribution in [2.75, 3.05) is 5.32 Å². The molecule has 5 heteroatoms. The number of nitrogens with zero attached hydrogens (tertiary/aromatic N) is 2. The van der Waals surface area contributed by atoms with Crippen LogP contribution in [0.1, 0.15) is 12.8 Å². The molecule has 0 amide bonds. The summed E-state index contributed by atoms with van der Waals surface area (Å²) in [4.78, 5) is 0.